The maximum Gasteiger partial charge on any atom is 0.231 e. The lowest BCUT2D eigenvalue weighted by Gasteiger charge is -2.05. The van der Waals surface area contributed by atoms with Crippen molar-refractivity contribution in [3.8, 4) is 11.5 Å². The molecule has 1 aliphatic heterocycles. The molecule has 0 atom stereocenters. The highest BCUT2D eigenvalue weighted by molar-refractivity contribution is 9.08. The van der Waals surface area contributed by atoms with Crippen LogP contribution in [0.5, 0.6) is 11.5 Å². The van der Waals surface area contributed by atoms with Crippen molar-refractivity contribution in [3.63, 3.8) is 0 Å². The van der Waals surface area contributed by atoms with Crippen molar-refractivity contribution < 1.29 is 14.3 Å². The average Bonchev–Trinajstić information content (AvgIpc) is 2.73. The SMILES string of the molecule is CON=Cc1ccc2c(c1CBr)OCO2. The van der Waals surface area contributed by atoms with Gasteiger partial charge in [0.15, 0.2) is 11.5 Å². The molecule has 0 amide bonds. The third-order valence-electron chi connectivity index (χ3n) is 2.11. The molecule has 1 aromatic carbocycles. The Balaban J connectivity index is 2.43. The van der Waals surface area contributed by atoms with E-state index in [0.717, 1.165) is 22.6 Å². The number of oxime groups is 1. The van der Waals surface area contributed by atoms with E-state index in [-0.39, 0.29) is 6.79 Å². The molecule has 0 fully saturated rings. The van der Waals surface area contributed by atoms with Crippen molar-refractivity contribution in [1.29, 1.82) is 0 Å². The lowest BCUT2D eigenvalue weighted by Crippen LogP contribution is -1.95. The molecule has 1 heterocycles. The average molecular weight is 272 g/mol. The highest BCUT2D eigenvalue weighted by atomic mass is 79.9. The van der Waals surface area contributed by atoms with E-state index in [4.69, 9.17) is 9.47 Å². The number of alkyl halides is 1. The fourth-order valence-electron chi connectivity index (χ4n) is 1.41. The molecule has 0 aromatic heterocycles. The number of ether oxygens (including phenoxy) is 2. The van der Waals surface area contributed by atoms with Gasteiger partial charge >= 0.3 is 0 Å². The second-order valence-corrected chi connectivity index (χ2v) is 3.48. The first-order valence-corrected chi connectivity index (χ1v) is 5.53. The molecule has 0 saturated heterocycles. The smallest absolute Gasteiger partial charge is 0.231 e. The third kappa shape index (κ3) is 1.92. The summed E-state index contributed by atoms with van der Waals surface area (Å²) < 4.78 is 10.7. The second-order valence-electron chi connectivity index (χ2n) is 2.92. The van der Waals surface area contributed by atoms with Gasteiger partial charge in [-0.25, -0.2) is 0 Å². The Hall–Kier alpha value is -1.23. The Morgan fingerprint density at radius 3 is 3.13 bits per heavy atom. The number of hydrogen-bond donors (Lipinski definition) is 0. The molecule has 0 saturated carbocycles. The summed E-state index contributed by atoms with van der Waals surface area (Å²) in [5.74, 6) is 1.56. The fraction of sp³-hybridized carbons (Fsp3) is 0.300. The monoisotopic (exact) mass is 271 g/mol. The van der Waals surface area contributed by atoms with Crippen LogP contribution in [0.3, 0.4) is 0 Å². The Labute approximate surface area is 95.9 Å². The van der Waals surface area contributed by atoms with Gasteiger partial charge in [0, 0.05) is 16.5 Å². The minimum atomic E-state index is 0.278. The quantitative estimate of drug-likeness (QED) is 0.481. The topological polar surface area (TPSA) is 40.0 Å². The first kappa shape index (κ1) is 10.3. The van der Waals surface area contributed by atoms with Gasteiger partial charge in [0.05, 0.1) is 6.21 Å². The van der Waals surface area contributed by atoms with Crippen LogP contribution in [0.4, 0.5) is 0 Å². The van der Waals surface area contributed by atoms with Crippen molar-refractivity contribution in [3.05, 3.63) is 23.3 Å². The summed E-state index contributed by atoms with van der Waals surface area (Å²) >= 11 is 3.42. The summed E-state index contributed by atoms with van der Waals surface area (Å²) in [6.45, 7) is 0.278. The van der Waals surface area contributed by atoms with Gasteiger partial charge in [-0.15, -0.1) is 0 Å². The van der Waals surface area contributed by atoms with Gasteiger partial charge < -0.3 is 14.3 Å². The zero-order valence-electron chi connectivity index (χ0n) is 8.20. The van der Waals surface area contributed by atoms with Gasteiger partial charge in [-0.3, -0.25) is 0 Å². The second kappa shape index (κ2) is 4.53. The number of halogens is 1. The van der Waals surface area contributed by atoms with Gasteiger partial charge in [0.25, 0.3) is 0 Å². The number of nitrogens with zero attached hydrogens (tertiary/aromatic N) is 1. The zero-order chi connectivity index (χ0) is 10.7. The molecule has 0 radical (unpaired) electrons. The lowest BCUT2D eigenvalue weighted by molar-refractivity contribution is 0.173. The molecule has 0 spiro atoms. The number of hydrogen-bond acceptors (Lipinski definition) is 4. The van der Waals surface area contributed by atoms with Gasteiger partial charge in [-0.05, 0) is 12.1 Å². The lowest BCUT2D eigenvalue weighted by atomic mass is 10.1. The van der Waals surface area contributed by atoms with E-state index in [1.54, 1.807) is 6.21 Å². The van der Waals surface area contributed by atoms with Crippen molar-refractivity contribution in [2.24, 2.45) is 5.16 Å². The minimum Gasteiger partial charge on any atom is -0.454 e. The Morgan fingerprint density at radius 2 is 2.40 bits per heavy atom. The summed E-state index contributed by atoms with van der Waals surface area (Å²) in [6.07, 6.45) is 1.65. The van der Waals surface area contributed by atoms with Crippen molar-refractivity contribution in [2.75, 3.05) is 13.9 Å². The zero-order valence-corrected chi connectivity index (χ0v) is 9.78. The predicted octanol–water partition coefficient (Wildman–Crippen LogP) is 2.29. The Morgan fingerprint density at radius 1 is 1.53 bits per heavy atom. The van der Waals surface area contributed by atoms with E-state index >= 15 is 0 Å². The van der Waals surface area contributed by atoms with E-state index in [0.29, 0.717) is 5.33 Å². The van der Waals surface area contributed by atoms with E-state index < -0.39 is 0 Å². The summed E-state index contributed by atoms with van der Waals surface area (Å²) in [5.41, 5.74) is 1.98. The standard InChI is InChI=1S/C10H10BrNO3/c1-13-12-5-7-2-3-9-10(8(7)4-11)15-6-14-9/h2-3,5H,4,6H2,1H3. The molecule has 2 rings (SSSR count). The highest BCUT2D eigenvalue weighted by Gasteiger charge is 2.19. The highest BCUT2D eigenvalue weighted by Crippen LogP contribution is 2.38. The van der Waals surface area contributed by atoms with Gasteiger partial charge in [-0.2, -0.15) is 0 Å². The van der Waals surface area contributed by atoms with Gasteiger partial charge in [0.2, 0.25) is 6.79 Å². The van der Waals surface area contributed by atoms with Crippen LogP contribution in [0.25, 0.3) is 0 Å². The summed E-state index contributed by atoms with van der Waals surface area (Å²) in [6, 6.07) is 3.79. The van der Waals surface area contributed by atoms with Crippen LogP contribution >= 0.6 is 15.9 Å². The van der Waals surface area contributed by atoms with E-state index in [9.17, 15) is 0 Å². The van der Waals surface area contributed by atoms with Crippen LogP contribution in [0.1, 0.15) is 11.1 Å². The van der Waals surface area contributed by atoms with E-state index in [1.165, 1.54) is 7.11 Å². The molecule has 0 N–H and O–H groups in total. The normalized spacial score (nSPS) is 13.5. The molecule has 5 heteroatoms. The molecular weight excluding hydrogens is 262 g/mol. The molecule has 0 unspecified atom stereocenters. The van der Waals surface area contributed by atoms with E-state index in [2.05, 4.69) is 25.9 Å². The van der Waals surface area contributed by atoms with Gasteiger partial charge in [0.1, 0.15) is 7.11 Å². The van der Waals surface area contributed by atoms with Crippen molar-refractivity contribution in [1.82, 2.24) is 0 Å². The molecule has 1 aliphatic rings. The molecule has 4 nitrogen and oxygen atoms in total. The van der Waals surface area contributed by atoms with Crippen LogP contribution in [0.2, 0.25) is 0 Å². The maximum absolute atomic E-state index is 5.39. The molecule has 1 aromatic rings. The summed E-state index contributed by atoms with van der Waals surface area (Å²) in [5, 5.41) is 4.42. The first-order valence-electron chi connectivity index (χ1n) is 4.40. The van der Waals surface area contributed by atoms with Crippen LogP contribution in [0.15, 0.2) is 17.3 Å². The minimum absolute atomic E-state index is 0.278. The molecule has 0 aliphatic carbocycles. The predicted molar refractivity (Wildman–Crippen MR) is 59.8 cm³/mol. The molecule has 15 heavy (non-hydrogen) atoms. The molecular formula is C10H10BrNO3. The Kier molecular flexibility index (Phi) is 3.11. The van der Waals surface area contributed by atoms with Crippen molar-refractivity contribution >= 4 is 22.1 Å². The van der Waals surface area contributed by atoms with Crippen LogP contribution in [-0.4, -0.2) is 20.1 Å². The van der Waals surface area contributed by atoms with Crippen molar-refractivity contribution in [2.45, 2.75) is 5.33 Å². The fourth-order valence-corrected chi connectivity index (χ4v) is 1.99. The van der Waals surface area contributed by atoms with Crippen LogP contribution in [-0.2, 0) is 10.2 Å². The van der Waals surface area contributed by atoms with E-state index in [1.807, 2.05) is 12.1 Å². The first-order chi connectivity index (χ1) is 7.36. The van der Waals surface area contributed by atoms with Gasteiger partial charge in [-0.1, -0.05) is 21.1 Å². The largest absolute Gasteiger partial charge is 0.454 e. The summed E-state index contributed by atoms with van der Waals surface area (Å²) in [4.78, 5) is 4.65. The number of rotatable bonds is 3. The molecule has 80 valence electrons. The maximum atomic E-state index is 5.39. The number of benzene rings is 1. The van der Waals surface area contributed by atoms with Crippen LogP contribution < -0.4 is 9.47 Å². The third-order valence-corrected chi connectivity index (χ3v) is 2.67. The number of fused-ring (bicyclic) bond motifs is 1. The summed E-state index contributed by atoms with van der Waals surface area (Å²) in [7, 11) is 1.51. The molecule has 0 bridgehead atoms. The van der Waals surface area contributed by atoms with Crippen LogP contribution in [0, 0.1) is 0 Å². The Bertz CT molecular complexity index is 392.